The van der Waals surface area contributed by atoms with Gasteiger partial charge in [-0.1, -0.05) is 12.1 Å². The van der Waals surface area contributed by atoms with Gasteiger partial charge >= 0.3 is 18.3 Å². The molecule has 32 heavy (non-hydrogen) atoms. The highest BCUT2D eigenvalue weighted by Crippen LogP contribution is 2.36. The van der Waals surface area contributed by atoms with E-state index >= 15 is 0 Å². The van der Waals surface area contributed by atoms with Crippen LogP contribution in [0.5, 0.6) is 0 Å². The molecule has 0 bridgehead atoms. The summed E-state index contributed by atoms with van der Waals surface area (Å²) in [6.07, 6.45) is -10.3. The van der Waals surface area contributed by atoms with Crippen LogP contribution in [-0.2, 0) is 21.9 Å². The Kier molecular flexibility index (Phi) is 6.26. The molecule has 0 fully saturated rings. The third kappa shape index (κ3) is 4.90. The van der Waals surface area contributed by atoms with Crippen LogP contribution >= 0.6 is 0 Å². The van der Waals surface area contributed by atoms with Crippen molar-refractivity contribution in [2.45, 2.75) is 18.8 Å². The molecule has 2 aromatic rings. The third-order valence-electron chi connectivity index (χ3n) is 4.32. The monoisotopic (exact) mass is 461 g/mol. The summed E-state index contributed by atoms with van der Waals surface area (Å²) in [4.78, 5) is 41.2. The molecule has 0 saturated heterocycles. The molecule has 0 radical (unpaired) electrons. The van der Waals surface area contributed by atoms with Crippen LogP contribution in [0.25, 0.3) is 0 Å². The van der Waals surface area contributed by atoms with E-state index in [1.54, 1.807) is 12.1 Å². The highest BCUT2D eigenvalue weighted by molar-refractivity contribution is 6.20. The number of halogens is 6. The average Bonchev–Trinajstić information content (AvgIpc) is 2.96. The van der Waals surface area contributed by atoms with Crippen molar-refractivity contribution in [1.82, 2.24) is 5.06 Å². The van der Waals surface area contributed by atoms with E-state index in [-0.39, 0.29) is 42.4 Å². The molecule has 0 unspecified atom stereocenters. The smallest absolute Gasteiger partial charge is 0.416 e. The van der Waals surface area contributed by atoms with Gasteiger partial charge in [0.2, 0.25) is 0 Å². The van der Waals surface area contributed by atoms with Crippen LogP contribution < -0.4 is 0 Å². The van der Waals surface area contributed by atoms with Gasteiger partial charge < -0.3 is 4.74 Å². The van der Waals surface area contributed by atoms with Crippen molar-refractivity contribution >= 4 is 17.8 Å². The molecule has 6 nitrogen and oxygen atoms in total. The SMILES string of the molecule is O=C(OCCCON1C(=O)c2ccccc2C1=O)c1cc(C(F)(F)F)cc(C(F)(F)F)c1. The maximum absolute atomic E-state index is 12.9. The van der Waals surface area contributed by atoms with Gasteiger partial charge in [0, 0.05) is 6.42 Å². The molecule has 12 heteroatoms. The van der Waals surface area contributed by atoms with Gasteiger partial charge in [0.1, 0.15) is 0 Å². The minimum absolute atomic E-state index is 0.0930. The number of amides is 2. The van der Waals surface area contributed by atoms with E-state index in [0.29, 0.717) is 5.06 Å². The fourth-order valence-corrected chi connectivity index (χ4v) is 2.82. The van der Waals surface area contributed by atoms with E-state index in [1.165, 1.54) is 12.1 Å². The number of hydrogen-bond acceptors (Lipinski definition) is 5. The van der Waals surface area contributed by atoms with E-state index in [9.17, 15) is 40.7 Å². The Morgan fingerprint density at radius 1 is 0.812 bits per heavy atom. The summed E-state index contributed by atoms with van der Waals surface area (Å²) < 4.78 is 81.9. The molecule has 0 aromatic heterocycles. The van der Waals surface area contributed by atoms with Gasteiger partial charge in [0.25, 0.3) is 11.8 Å². The number of hydrogen-bond donors (Lipinski definition) is 0. The van der Waals surface area contributed by atoms with Gasteiger partial charge in [-0.25, -0.2) is 4.79 Å². The lowest BCUT2D eigenvalue weighted by molar-refractivity contribution is -0.143. The van der Waals surface area contributed by atoms with Crippen molar-refractivity contribution in [3.63, 3.8) is 0 Å². The molecule has 170 valence electrons. The number of fused-ring (bicyclic) bond motifs is 1. The first-order chi connectivity index (χ1) is 14.9. The number of carbonyl (C=O) groups excluding carboxylic acids is 3. The molecular formula is C20H13F6NO5. The Balaban J connectivity index is 1.57. The lowest BCUT2D eigenvalue weighted by atomic mass is 10.0. The Labute approximate surface area is 176 Å². The van der Waals surface area contributed by atoms with E-state index in [2.05, 4.69) is 0 Å². The van der Waals surface area contributed by atoms with Crippen LogP contribution in [-0.4, -0.2) is 36.1 Å². The molecule has 1 heterocycles. The summed E-state index contributed by atoms with van der Waals surface area (Å²) >= 11 is 0. The first-order valence-corrected chi connectivity index (χ1v) is 8.97. The Hall–Kier alpha value is -3.41. The number of nitrogens with zero attached hydrogens (tertiary/aromatic N) is 1. The van der Waals surface area contributed by atoms with Crippen LogP contribution in [0.15, 0.2) is 42.5 Å². The first kappa shape index (κ1) is 23.3. The van der Waals surface area contributed by atoms with Crippen molar-refractivity contribution in [2.24, 2.45) is 0 Å². The van der Waals surface area contributed by atoms with Crippen molar-refractivity contribution in [3.8, 4) is 0 Å². The van der Waals surface area contributed by atoms with Gasteiger partial charge in [0.05, 0.1) is 41.0 Å². The van der Waals surface area contributed by atoms with Crippen LogP contribution in [0.4, 0.5) is 26.3 Å². The molecule has 1 aliphatic rings. The second-order valence-corrected chi connectivity index (χ2v) is 6.57. The van der Waals surface area contributed by atoms with Crippen LogP contribution in [0, 0.1) is 0 Å². The van der Waals surface area contributed by atoms with E-state index in [0.717, 1.165) is 0 Å². The first-order valence-electron chi connectivity index (χ1n) is 8.97. The number of carbonyl (C=O) groups is 3. The topological polar surface area (TPSA) is 72.9 Å². The number of hydroxylamine groups is 2. The second kappa shape index (κ2) is 8.61. The van der Waals surface area contributed by atoms with Gasteiger partial charge in [-0.3, -0.25) is 14.4 Å². The minimum atomic E-state index is -5.10. The number of rotatable bonds is 6. The maximum atomic E-state index is 12.9. The zero-order valence-electron chi connectivity index (χ0n) is 15.9. The second-order valence-electron chi connectivity index (χ2n) is 6.57. The van der Waals surface area contributed by atoms with Crippen molar-refractivity contribution in [3.05, 3.63) is 70.3 Å². The summed E-state index contributed by atoms with van der Waals surface area (Å²) in [5.41, 5.74) is -3.92. The molecular weight excluding hydrogens is 448 g/mol. The van der Waals surface area contributed by atoms with Crippen molar-refractivity contribution < 1.29 is 50.3 Å². The van der Waals surface area contributed by atoms with Gasteiger partial charge in [-0.15, -0.1) is 5.06 Å². The zero-order chi connectivity index (χ0) is 23.7. The number of benzene rings is 2. The van der Waals surface area contributed by atoms with Crippen LogP contribution in [0.2, 0.25) is 0 Å². The molecule has 0 atom stereocenters. The Morgan fingerprint density at radius 2 is 1.31 bits per heavy atom. The van der Waals surface area contributed by atoms with Gasteiger partial charge in [-0.05, 0) is 30.3 Å². The number of esters is 1. The molecule has 0 aliphatic carbocycles. The van der Waals surface area contributed by atoms with Crippen LogP contribution in [0.1, 0.15) is 48.6 Å². The summed E-state index contributed by atoms with van der Waals surface area (Å²) in [6, 6.07) is 6.40. The summed E-state index contributed by atoms with van der Waals surface area (Å²) in [7, 11) is 0. The molecule has 0 spiro atoms. The highest BCUT2D eigenvalue weighted by Gasteiger charge is 2.38. The predicted octanol–water partition coefficient (Wildman–Crippen LogP) is 4.50. The lowest BCUT2D eigenvalue weighted by Gasteiger charge is -2.14. The number of ether oxygens (including phenoxy) is 1. The van der Waals surface area contributed by atoms with Gasteiger partial charge in [-0.2, -0.15) is 26.3 Å². The molecule has 0 N–H and O–H groups in total. The molecule has 3 rings (SSSR count). The largest absolute Gasteiger partial charge is 0.462 e. The van der Waals surface area contributed by atoms with E-state index < -0.39 is 53.4 Å². The normalized spacial score (nSPS) is 14.0. The predicted molar refractivity (Wildman–Crippen MR) is 94.2 cm³/mol. The van der Waals surface area contributed by atoms with Crippen molar-refractivity contribution in [2.75, 3.05) is 13.2 Å². The fourth-order valence-electron chi connectivity index (χ4n) is 2.82. The van der Waals surface area contributed by atoms with Crippen LogP contribution in [0.3, 0.4) is 0 Å². The standard InChI is InChI=1S/C20H13F6NO5/c21-19(22,23)12-8-11(9-13(10-12)20(24,25)26)18(30)31-6-3-7-32-27-16(28)14-4-1-2-5-15(14)17(27)29/h1-2,4-5,8-10H,3,6-7H2. The summed E-state index contributed by atoms with van der Waals surface area (Å²) in [5, 5.41) is 0.523. The molecule has 2 amide bonds. The van der Waals surface area contributed by atoms with Crippen molar-refractivity contribution in [1.29, 1.82) is 0 Å². The number of imide groups is 1. The van der Waals surface area contributed by atoms with E-state index in [1.807, 2.05) is 0 Å². The Morgan fingerprint density at radius 3 is 1.78 bits per heavy atom. The molecule has 0 saturated carbocycles. The van der Waals surface area contributed by atoms with Gasteiger partial charge in [0.15, 0.2) is 0 Å². The summed E-state index contributed by atoms with van der Waals surface area (Å²) in [5.74, 6) is -2.78. The zero-order valence-corrected chi connectivity index (χ0v) is 15.9. The third-order valence-corrected chi connectivity index (χ3v) is 4.32. The quantitative estimate of drug-likeness (QED) is 0.274. The fraction of sp³-hybridized carbons (Fsp3) is 0.250. The van der Waals surface area contributed by atoms with E-state index in [4.69, 9.17) is 9.57 Å². The number of alkyl halides is 6. The lowest BCUT2D eigenvalue weighted by Crippen LogP contribution is -2.30. The maximum Gasteiger partial charge on any atom is 0.416 e. The molecule has 1 aliphatic heterocycles. The summed E-state index contributed by atoms with van der Waals surface area (Å²) in [6.45, 7) is -0.727. The Bertz CT molecular complexity index is 996. The average molecular weight is 461 g/mol. The molecule has 2 aromatic carbocycles. The minimum Gasteiger partial charge on any atom is -0.462 e. The highest BCUT2D eigenvalue weighted by atomic mass is 19.4.